The summed E-state index contributed by atoms with van der Waals surface area (Å²) in [5, 5.41) is 15.0. The molecule has 2 amide bonds. The molecule has 4 rings (SSSR count). The van der Waals surface area contributed by atoms with Crippen molar-refractivity contribution < 1.29 is 24.2 Å². The second kappa shape index (κ2) is 10.5. The molecule has 0 radical (unpaired) electrons. The summed E-state index contributed by atoms with van der Waals surface area (Å²) in [6.45, 7) is 4.41. The predicted molar refractivity (Wildman–Crippen MR) is 133 cm³/mol. The highest BCUT2D eigenvalue weighted by atomic mass is 16.5. The van der Waals surface area contributed by atoms with Gasteiger partial charge in [0.25, 0.3) is 0 Å². The molecule has 0 spiro atoms. The van der Waals surface area contributed by atoms with Gasteiger partial charge < -0.3 is 20.5 Å². The maximum absolute atomic E-state index is 12.9. The van der Waals surface area contributed by atoms with E-state index in [2.05, 4.69) is 34.9 Å². The van der Waals surface area contributed by atoms with Gasteiger partial charge in [-0.1, -0.05) is 68.8 Å². The number of carbonyl (C=O) groups is 3. The van der Waals surface area contributed by atoms with Gasteiger partial charge in [-0.15, -0.1) is 0 Å². The number of hydrogen-bond donors (Lipinski definition) is 3. The van der Waals surface area contributed by atoms with Crippen molar-refractivity contribution in [1.29, 1.82) is 0 Å². The summed E-state index contributed by atoms with van der Waals surface area (Å²) < 4.78 is 5.60. The monoisotopic (exact) mass is 478 g/mol. The molecular formula is C28H34N2O5. The van der Waals surface area contributed by atoms with Crippen molar-refractivity contribution >= 4 is 18.0 Å². The number of aliphatic carboxylic acids is 1. The highest BCUT2D eigenvalue weighted by Gasteiger charge is 2.44. The molecule has 35 heavy (non-hydrogen) atoms. The van der Waals surface area contributed by atoms with Crippen LogP contribution in [-0.2, 0) is 14.3 Å². The van der Waals surface area contributed by atoms with E-state index in [-0.39, 0.29) is 37.4 Å². The molecule has 2 aliphatic carbocycles. The van der Waals surface area contributed by atoms with E-state index in [1.807, 2.05) is 38.1 Å². The van der Waals surface area contributed by atoms with E-state index in [0.717, 1.165) is 17.5 Å². The molecule has 3 N–H and O–H groups in total. The third kappa shape index (κ3) is 5.34. The quantitative estimate of drug-likeness (QED) is 0.464. The minimum atomic E-state index is -0.904. The van der Waals surface area contributed by atoms with Crippen molar-refractivity contribution in [2.24, 2.45) is 17.3 Å². The molecule has 0 bridgehead atoms. The molecule has 1 unspecified atom stereocenters. The third-order valence-electron chi connectivity index (χ3n) is 7.32. The maximum atomic E-state index is 12.9. The Morgan fingerprint density at radius 1 is 1.00 bits per heavy atom. The first-order chi connectivity index (χ1) is 16.8. The number of carbonyl (C=O) groups excluding carboxylic acids is 2. The Morgan fingerprint density at radius 2 is 1.60 bits per heavy atom. The lowest BCUT2D eigenvalue weighted by molar-refractivity contribution is -0.143. The first kappa shape index (κ1) is 24.8. The van der Waals surface area contributed by atoms with Crippen LogP contribution < -0.4 is 10.6 Å². The summed E-state index contributed by atoms with van der Waals surface area (Å²) in [6, 6.07) is 16.3. The SMILES string of the molecule is CC(C)CC(CNC(=O)C1(CNC(=O)OCC2c3ccccc3-c3ccccc32)CCC1)C(=O)O. The number of amides is 2. The van der Waals surface area contributed by atoms with Crippen LogP contribution in [0.1, 0.15) is 56.6 Å². The molecule has 1 atom stereocenters. The lowest BCUT2D eigenvalue weighted by Gasteiger charge is -2.40. The Hall–Kier alpha value is -3.35. The lowest BCUT2D eigenvalue weighted by atomic mass is 9.68. The zero-order valence-corrected chi connectivity index (χ0v) is 20.4. The smallest absolute Gasteiger partial charge is 0.407 e. The Kier molecular flexibility index (Phi) is 7.43. The number of ether oxygens (including phenoxy) is 1. The average Bonchev–Trinajstić information content (AvgIpc) is 3.13. The Labute approximate surface area is 206 Å². The maximum Gasteiger partial charge on any atom is 0.407 e. The van der Waals surface area contributed by atoms with Gasteiger partial charge in [0.05, 0.1) is 11.3 Å². The van der Waals surface area contributed by atoms with E-state index in [4.69, 9.17) is 4.74 Å². The standard InChI is InChI=1S/C28H34N2O5/c1-18(2)14-19(25(31)32)15-29-26(33)28(12-7-13-28)17-30-27(34)35-16-24-22-10-5-3-8-20(22)21-9-4-6-11-23(21)24/h3-6,8-11,18-19,24H,7,12-17H2,1-2H3,(H,29,33)(H,30,34)(H,31,32). The largest absolute Gasteiger partial charge is 0.481 e. The first-order valence-electron chi connectivity index (χ1n) is 12.4. The summed E-state index contributed by atoms with van der Waals surface area (Å²) in [7, 11) is 0. The van der Waals surface area contributed by atoms with E-state index in [1.54, 1.807) is 0 Å². The first-order valence-corrected chi connectivity index (χ1v) is 12.4. The molecule has 0 aliphatic heterocycles. The molecule has 2 aliphatic rings. The number of carboxylic acid groups (broad SMARTS) is 1. The second-order valence-corrected chi connectivity index (χ2v) is 10.2. The topological polar surface area (TPSA) is 105 Å². The van der Waals surface area contributed by atoms with Crippen LogP contribution in [0.15, 0.2) is 48.5 Å². The molecule has 0 heterocycles. The fourth-order valence-corrected chi connectivity index (χ4v) is 5.22. The second-order valence-electron chi connectivity index (χ2n) is 10.2. The van der Waals surface area contributed by atoms with Gasteiger partial charge in [0.2, 0.25) is 5.91 Å². The molecule has 1 fully saturated rings. The van der Waals surface area contributed by atoms with Gasteiger partial charge in [0, 0.05) is 19.0 Å². The van der Waals surface area contributed by atoms with Crippen LogP contribution in [0.5, 0.6) is 0 Å². The summed E-state index contributed by atoms with van der Waals surface area (Å²) in [4.78, 5) is 37.0. The molecule has 1 saturated carbocycles. The van der Waals surface area contributed by atoms with E-state index >= 15 is 0 Å². The van der Waals surface area contributed by atoms with Gasteiger partial charge in [-0.3, -0.25) is 9.59 Å². The summed E-state index contributed by atoms with van der Waals surface area (Å²) in [5.41, 5.74) is 3.92. The summed E-state index contributed by atoms with van der Waals surface area (Å²) >= 11 is 0. The number of nitrogens with one attached hydrogen (secondary N) is 2. The normalized spacial score (nSPS) is 16.5. The zero-order valence-electron chi connectivity index (χ0n) is 20.4. The van der Waals surface area contributed by atoms with Gasteiger partial charge in [0.1, 0.15) is 6.61 Å². The predicted octanol–water partition coefficient (Wildman–Crippen LogP) is 4.56. The molecule has 7 nitrogen and oxygen atoms in total. The third-order valence-corrected chi connectivity index (χ3v) is 7.32. The van der Waals surface area contributed by atoms with Crippen molar-refractivity contribution in [3.63, 3.8) is 0 Å². The molecule has 0 aromatic heterocycles. The minimum absolute atomic E-state index is 0.0250. The number of fused-ring (bicyclic) bond motifs is 3. The fourth-order valence-electron chi connectivity index (χ4n) is 5.22. The van der Waals surface area contributed by atoms with Gasteiger partial charge in [0.15, 0.2) is 0 Å². The van der Waals surface area contributed by atoms with Crippen molar-refractivity contribution in [3.05, 3.63) is 59.7 Å². The Morgan fingerprint density at radius 3 is 2.11 bits per heavy atom. The van der Waals surface area contributed by atoms with Crippen LogP contribution in [-0.4, -0.2) is 42.8 Å². The highest BCUT2D eigenvalue weighted by Crippen LogP contribution is 2.44. The number of hydrogen-bond acceptors (Lipinski definition) is 4. The highest BCUT2D eigenvalue weighted by molar-refractivity contribution is 5.85. The van der Waals surface area contributed by atoms with Gasteiger partial charge in [-0.25, -0.2) is 4.79 Å². The van der Waals surface area contributed by atoms with Crippen molar-refractivity contribution in [1.82, 2.24) is 10.6 Å². The van der Waals surface area contributed by atoms with Crippen molar-refractivity contribution in [2.45, 2.75) is 45.4 Å². The van der Waals surface area contributed by atoms with Crippen molar-refractivity contribution in [2.75, 3.05) is 19.7 Å². The summed E-state index contributed by atoms with van der Waals surface area (Å²) in [6.07, 6.45) is 2.16. The number of benzene rings is 2. The fraction of sp³-hybridized carbons (Fsp3) is 0.464. The van der Waals surface area contributed by atoms with Gasteiger partial charge in [-0.05, 0) is 47.4 Å². The number of alkyl carbamates (subject to hydrolysis) is 1. The molecule has 7 heteroatoms. The molecule has 2 aromatic carbocycles. The zero-order chi connectivity index (χ0) is 25.0. The van der Waals surface area contributed by atoms with Crippen LogP contribution in [0.2, 0.25) is 0 Å². The molecular weight excluding hydrogens is 444 g/mol. The lowest BCUT2D eigenvalue weighted by Crippen LogP contribution is -2.53. The average molecular weight is 479 g/mol. The van der Waals surface area contributed by atoms with Crippen LogP contribution in [0.3, 0.4) is 0 Å². The Balaban J connectivity index is 1.31. The van der Waals surface area contributed by atoms with E-state index in [1.165, 1.54) is 11.1 Å². The molecule has 186 valence electrons. The van der Waals surface area contributed by atoms with E-state index < -0.39 is 23.4 Å². The van der Waals surface area contributed by atoms with Crippen molar-refractivity contribution in [3.8, 4) is 11.1 Å². The van der Waals surface area contributed by atoms with Crippen LogP contribution in [0.4, 0.5) is 4.79 Å². The minimum Gasteiger partial charge on any atom is -0.481 e. The van der Waals surface area contributed by atoms with Crippen LogP contribution in [0, 0.1) is 17.3 Å². The van der Waals surface area contributed by atoms with Crippen LogP contribution >= 0.6 is 0 Å². The van der Waals surface area contributed by atoms with Crippen LogP contribution in [0.25, 0.3) is 11.1 Å². The van der Waals surface area contributed by atoms with E-state index in [9.17, 15) is 19.5 Å². The van der Waals surface area contributed by atoms with E-state index in [0.29, 0.717) is 19.3 Å². The Bertz CT molecular complexity index is 1050. The molecule has 0 saturated heterocycles. The molecule has 2 aromatic rings. The number of carboxylic acids is 1. The summed E-state index contributed by atoms with van der Waals surface area (Å²) in [5.74, 6) is -1.52. The van der Waals surface area contributed by atoms with Gasteiger partial charge in [-0.2, -0.15) is 0 Å². The number of rotatable bonds is 10. The van der Waals surface area contributed by atoms with Gasteiger partial charge >= 0.3 is 12.1 Å².